The number of fused-ring (bicyclic) bond motifs is 1. The third-order valence-corrected chi connectivity index (χ3v) is 4.02. The molecule has 1 aliphatic rings. The summed E-state index contributed by atoms with van der Waals surface area (Å²) in [6.45, 7) is 7.44. The van der Waals surface area contributed by atoms with Crippen molar-refractivity contribution >= 4 is 12.5 Å². The summed E-state index contributed by atoms with van der Waals surface area (Å²) in [7, 11) is 0. The first-order valence-electron chi connectivity index (χ1n) is 8.64. The summed E-state index contributed by atoms with van der Waals surface area (Å²) in [4.78, 5) is 8.58. The van der Waals surface area contributed by atoms with E-state index >= 15 is 0 Å². The third-order valence-electron chi connectivity index (χ3n) is 4.02. The summed E-state index contributed by atoms with van der Waals surface area (Å²) in [6, 6.07) is 13.9. The van der Waals surface area contributed by atoms with Crippen LogP contribution in [0, 0.1) is 0 Å². The van der Waals surface area contributed by atoms with Gasteiger partial charge in [-0.1, -0.05) is 32.9 Å². The van der Waals surface area contributed by atoms with Crippen molar-refractivity contribution in [3.8, 4) is 17.2 Å². The van der Waals surface area contributed by atoms with Gasteiger partial charge in [0.15, 0.2) is 0 Å². The van der Waals surface area contributed by atoms with E-state index in [0.29, 0.717) is 13.2 Å². The lowest BCUT2D eigenvalue weighted by atomic mass is 9.87. The summed E-state index contributed by atoms with van der Waals surface area (Å²) in [5.74, 6) is 2.39. The van der Waals surface area contributed by atoms with Gasteiger partial charge in [0, 0.05) is 12.1 Å². The van der Waals surface area contributed by atoms with Gasteiger partial charge in [-0.2, -0.15) is 0 Å². The molecule has 1 heterocycles. The number of rotatable bonds is 4. The Morgan fingerprint density at radius 2 is 1.81 bits per heavy atom. The van der Waals surface area contributed by atoms with Crippen LogP contribution >= 0.6 is 0 Å². The van der Waals surface area contributed by atoms with Gasteiger partial charge in [0.2, 0.25) is 6.41 Å². The maximum absolute atomic E-state index is 8.82. The summed E-state index contributed by atoms with van der Waals surface area (Å²) < 4.78 is 11.6. The maximum Gasteiger partial charge on any atom is 0.204 e. The number of benzene rings is 2. The van der Waals surface area contributed by atoms with Crippen molar-refractivity contribution in [3.63, 3.8) is 0 Å². The topological polar surface area (TPSA) is 93.8 Å². The molecule has 4 N–H and O–H groups in total. The molecular formula is C21H26N2O4. The van der Waals surface area contributed by atoms with Gasteiger partial charge >= 0.3 is 0 Å². The van der Waals surface area contributed by atoms with Gasteiger partial charge in [0.1, 0.15) is 23.9 Å². The smallest absolute Gasteiger partial charge is 0.204 e. The molecule has 0 aromatic heterocycles. The molecule has 0 aliphatic carbocycles. The number of carbonyl (C=O) groups excluding carboxylic acids is 1. The Balaban J connectivity index is 0.000000817. The number of nitrogens with two attached hydrogens (primary N) is 1. The molecule has 144 valence electrons. The quantitative estimate of drug-likeness (QED) is 0.564. The molecule has 0 atom stereocenters. The fraction of sp³-hybridized carbons (Fsp3) is 0.286. The van der Waals surface area contributed by atoms with E-state index in [0.717, 1.165) is 28.4 Å². The Bertz CT molecular complexity index is 793. The van der Waals surface area contributed by atoms with Crippen molar-refractivity contribution in [2.24, 2.45) is 5.73 Å². The first-order chi connectivity index (χ1) is 12.9. The van der Waals surface area contributed by atoms with E-state index in [9.17, 15) is 0 Å². The summed E-state index contributed by atoms with van der Waals surface area (Å²) >= 11 is 0. The van der Waals surface area contributed by atoms with Crippen LogP contribution in [0.2, 0.25) is 0 Å². The number of carbonyl (C=O) groups is 1. The molecule has 0 unspecified atom stereocenters. The van der Waals surface area contributed by atoms with Crippen LogP contribution in [0.5, 0.6) is 17.2 Å². The van der Waals surface area contributed by atoms with E-state index < -0.39 is 0 Å². The molecule has 0 saturated carbocycles. The van der Waals surface area contributed by atoms with Crippen molar-refractivity contribution in [1.82, 2.24) is 5.48 Å². The van der Waals surface area contributed by atoms with Crippen molar-refractivity contribution in [2.75, 3.05) is 13.2 Å². The minimum atomic E-state index is 0.129. The van der Waals surface area contributed by atoms with Crippen LogP contribution in [0.4, 0.5) is 0 Å². The summed E-state index contributed by atoms with van der Waals surface area (Å²) in [5.41, 5.74) is 9.67. The van der Waals surface area contributed by atoms with Crippen LogP contribution in [0.3, 0.4) is 0 Å². The van der Waals surface area contributed by atoms with Crippen LogP contribution in [0.15, 0.2) is 48.0 Å². The predicted octanol–water partition coefficient (Wildman–Crippen LogP) is 3.63. The van der Waals surface area contributed by atoms with Crippen LogP contribution in [-0.2, 0) is 10.2 Å². The molecule has 0 fully saturated rings. The summed E-state index contributed by atoms with van der Waals surface area (Å²) in [6.07, 6.45) is 2.26. The highest BCUT2D eigenvalue weighted by molar-refractivity contribution is 5.64. The second-order valence-electron chi connectivity index (χ2n) is 7.14. The molecule has 0 radical (unpaired) electrons. The molecule has 27 heavy (non-hydrogen) atoms. The van der Waals surface area contributed by atoms with Crippen LogP contribution < -0.4 is 20.7 Å². The number of nitrogens with one attached hydrogen (secondary N) is 1. The zero-order valence-corrected chi connectivity index (χ0v) is 15.9. The minimum absolute atomic E-state index is 0.129. The van der Waals surface area contributed by atoms with Gasteiger partial charge in [-0.3, -0.25) is 4.79 Å². The Kier molecular flexibility index (Phi) is 6.98. The molecule has 0 bridgehead atoms. The van der Waals surface area contributed by atoms with E-state index in [1.165, 1.54) is 5.56 Å². The van der Waals surface area contributed by atoms with Gasteiger partial charge in [-0.15, -0.1) is 0 Å². The predicted molar refractivity (Wildman–Crippen MR) is 105 cm³/mol. The Morgan fingerprint density at radius 3 is 2.41 bits per heavy atom. The highest BCUT2D eigenvalue weighted by Gasteiger charge is 2.14. The summed E-state index contributed by atoms with van der Waals surface area (Å²) in [5, 5.41) is 8.82. The van der Waals surface area contributed by atoms with Gasteiger partial charge < -0.3 is 20.4 Å². The fourth-order valence-electron chi connectivity index (χ4n) is 2.63. The second-order valence-corrected chi connectivity index (χ2v) is 7.14. The van der Waals surface area contributed by atoms with E-state index in [2.05, 4.69) is 44.1 Å². The third kappa shape index (κ3) is 5.84. The standard InChI is InChI=1S/C20H23NO3.CH3NO/c1-20(2,3)16-4-6-17(7-5-16)24-18-8-9-19-15(11-18)10-14(12-21-22)13-23-19;2-1-3/h4-11,21-22H,12-13H2,1-3H3;1H,(H2,2,3). The maximum atomic E-state index is 8.82. The van der Waals surface area contributed by atoms with Crippen LogP contribution in [-0.4, -0.2) is 24.8 Å². The molecule has 2 aromatic rings. The van der Waals surface area contributed by atoms with Crippen LogP contribution in [0.1, 0.15) is 31.9 Å². The van der Waals surface area contributed by atoms with Crippen LogP contribution in [0.25, 0.3) is 6.08 Å². The molecule has 3 rings (SSSR count). The van der Waals surface area contributed by atoms with Gasteiger partial charge in [-0.25, -0.2) is 5.48 Å². The molecule has 2 aromatic carbocycles. The molecule has 0 spiro atoms. The van der Waals surface area contributed by atoms with E-state index in [4.69, 9.17) is 19.5 Å². The Hall–Kier alpha value is -2.83. The highest BCUT2D eigenvalue weighted by atomic mass is 16.5. The molecule has 0 saturated heterocycles. The Labute approximate surface area is 159 Å². The second kappa shape index (κ2) is 9.21. The van der Waals surface area contributed by atoms with Gasteiger partial charge in [0.05, 0.1) is 0 Å². The number of amides is 1. The molecule has 1 aliphatic heterocycles. The molecule has 1 amide bonds. The number of primary amides is 1. The lowest BCUT2D eigenvalue weighted by Gasteiger charge is -2.20. The zero-order chi connectivity index (χ0) is 19.9. The Morgan fingerprint density at radius 1 is 1.19 bits per heavy atom. The van der Waals surface area contributed by atoms with Crippen molar-refractivity contribution in [3.05, 3.63) is 59.2 Å². The minimum Gasteiger partial charge on any atom is -0.489 e. The van der Waals surface area contributed by atoms with E-state index in [1.54, 1.807) is 0 Å². The lowest BCUT2D eigenvalue weighted by molar-refractivity contribution is -0.106. The highest BCUT2D eigenvalue weighted by Crippen LogP contribution is 2.32. The van der Waals surface area contributed by atoms with Gasteiger partial charge in [0.25, 0.3) is 0 Å². The average molecular weight is 370 g/mol. The number of hydroxylamine groups is 1. The van der Waals surface area contributed by atoms with Crippen molar-refractivity contribution in [2.45, 2.75) is 26.2 Å². The number of hydrogen-bond acceptors (Lipinski definition) is 5. The van der Waals surface area contributed by atoms with E-state index in [1.807, 2.05) is 36.4 Å². The lowest BCUT2D eigenvalue weighted by Crippen LogP contribution is -2.18. The number of ether oxygens (including phenoxy) is 2. The number of hydrogen-bond donors (Lipinski definition) is 3. The largest absolute Gasteiger partial charge is 0.489 e. The molecular weight excluding hydrogens is 344 g/mol. The molecule has 6 nitrogen and oxygen atoms in total. The van der Waals surface area contributed by atoms with Crippen molar-refractivity contribution < 1.29 is 19.5 Å². The van der Waals surface area contributed by atoms with E-state index in [-0.39, 0.29) is 11.8 Å². The van der Waals surface area contributed by atoms with Gasteiger partial charge in [-0.05, 0) is 53.0 Å². The van der Waals surface area contributed by atoms with Crippen molar-refractivity contribution in [1.29, 1.82) is 0 Å². The molecule has 6 heteroatoms. The normalized spacial score (nSPS) is 12.7. The fourth-order valence-corrected chi connectivity index (χ4v) is 2.63. The monoisotopic (exact) mass is 370 g/mol. The first kappa shape index (κ1) is 20.5. The SMILES string of the molecule is CC(C)(C)c1ccc(Oc2ccc3c(c2)C=C(CNO)CO3)cc1.NC=O. The zero-order valence-electron chi connectivity index (χ0n) is 15.9. The first-order valence-corrected chi connectivity index (χ1v) is 8.64. The average Bonchev–Trinajstić information content (AvgIpc) is 2.62.